The van der Waals surface area contributed by atoms with Crippen LogP contribution in [0.2, 0.25) is 0 Å². The Morgan fingerprint density at radius 1 is 1.10 bits per heavy atom. The first kappa shape index (κ1) is 21.9. The zero-order chi connectivity index (χ0) is 22.3. The summed E-state index contributed by atoms with van der Waals surface area (Å²) in [6, 6.07) is 7.48. The summed E-state index contributed by atoms with van der Waals surface area (Å²) in [6.45, 7) is 7.83. The van der Waals surface area contributed by atoms with Gasteiger partial charge in [0, 0.05) is 18.1 Å². The number of rotatable bonds is 5. The molecule has 8 nitrogen and oxygen atoms in total. The maximum Gasteiger partial charge on any atom is 0.225 e. The Morgan fingerprint density at radius 3 is 2.48 bits per heavy atom. The van der Waals surface area contributed by atoms with Crippen LogP contribution in [0.1, 0.15) is 32.9 Å². The van der Waals surface area contributed by atoms with E-state index in [1.165, 1.54) is 0 Å². The normalized spacial score (nSPS) is 24.0. The highest BCUT2D eigenvalue weighted by Crippen LogP contribution is 2.38. The first-order valence-electron chi connectivity index (χ1n) is 10.4. The number of benzene rings is 1. The molecule has 5 N–H and O–H groups in total. The second-order valence-electron chi connectivity index (χ2n) is 9.13. The molecule has 0 unspecified atom stereocenters. The fraction of sp³-hybridized carbons (Fsp3) is 0.500. The zero-order valence-electron chi connectivity index (χ0n) is 18.1. The van der Waals surface area contributed by atoms with Gasteiger partial charge in [0.05, 0.1) is 33.6 Å². The number of nitrogens with zero attached hydrogens (tertiary/aromatic N) is 3. The number of thiazole rings is 1. The van der Waals surface area contributed by atoms with Gasteiger partial charge in [-0.05, 0) is 46.2 Å². The van der Waals surface area contributed by atoms with Crippen LogP contribution in [-0.4, -0.2) is 60.7 Å². The summed E-state index contributed by atoms with van der Waals surface area (Å²) < 4.78 is 1.07. The molecule has 0 spiro atoms. The van der Waals surface area contributed by atoms with Crippen LogP contribution in [0.4, 0.5) is 11.8 Å². The zero-order valence-corrected chi connectivity index (χ0v) is 18.9. The number of anilines is 2. The molecule has 0 radical (unpaired) electrons. The summed E-state index contributed by atoms with van der Waals surface area (Å²) in [4.78, 5) is 14.1. The van der Waals surface area contributed by atoms with Crippen molar-refractivity contribution in [3.8, 4) is 10.6 Å². The van der Waals surface area contributed by atoms with E-state index < -0.39 is 18.2 Å². The number of aliphatic hydroxyl groups is 3. The van der Waals surface area contributed by atoms with Crippen molar-refractivity contribution in [1.82, 2.24) is 15.0 Å². The van der Waals surface area contributed by atoms with Crippen molar-refractivity contribution in [2.45, 2.75) is 57.9 Å². The molecule has 4 rings (SSSR count). The molecule has 1 aromatic carbocycles. The molecule has 1 saturated carbocycles. The third-order valence-electron chi connectivity index (χ3n) is 5.44. The summed E-state index contributed by atoms with van der Waals surface area (Å²) in [5.41, 5.74) is 2.21. The van der Waals surface area contributed by atoms with Gasteiger partial charge >= 0.3 is 0 Å². The molecule has 2 aromatic heterocycles. The molecule has 1 fully saturated rings. The maximum absolute atomic E-state index is 10.5. The summed E-state index contributed by atoms with van der Waals surface area (Å²) in [5.74, 6) is 0.644. The van der Waals surface area contributed by atoms with E-state index in [4.69, 9.17) is 9.97 Å². The van der Waals surface area contributed by atoms with Gasteiger partial charge in [-0.15, -0.1) is 11.3 Å². The van der Waals surface area contributed by atoms with Crippen molar-refractivity contribution in [3.05, 3.63) is 30.0 Å². The molecule has 0 saturated heterocycles. The molecule has 31 heavy (non-hydrogen) atoms. The quantitative estimate of drug-likeness (QED) is 0.408. The summed E-state index contributed by atoms with van der Waals surface area (Å²) >= 11 is 1.56. The number of para-hydroxylation sites is 1. The van der Waals surface area contributed by atoms with Gasteiger partial charge < -0.3 is 26.0 Å². The van der Waals surface area contributed by atoms with Crippen LogP contribution in [-0.2, 0) is 0 Å². The number of aromatic nitrogens is 3. The Kier molecular flexibility index (Phi) is 5.87. The SMILES string of the molecule is Cc1nc(NC(C)(C)C)nc(N[C@@H]2C[C@H](CO)[C@@H](O)[C@H]2O)c1-c1nc2ccccc2s1. The fourth-order valence-corrected chi connectivity index (χ4v) is 4.99. The third kappa shape index (κ3) is 4.50. The van der Waals surface area contributed by atoms with Gasteiger partial charge in [-0.25, -0.2) is 9.97 Å². The van der Waals surface area contributed by atoms with Gasteiger partial charge in [-0.2, -0.15) is 4.98 Å². The van der Waals surface area contributed by atoms with Crippen molar-refractivity contribution in [3.63, 3.8) is 0 Å². The van der Waals surface area contributed by atoms with Crippen molar-refractivity contribution in [2.24, 2.45) is 5.92 Å². The molecule has 0 bridgehead atoms. The average molecular weight is 444 g/mol. The highest BCUT2D eigenvalue weighted by Gasteiger charge is 2.41. The van der Waals surface area contributed by atoms with E-state index in [0.717, 1.165) is 26.5 Å². The number of nitrogens with one attached hydrogen (secondary N) is 2. The van der Waals surface area contributed by atoms with Crippen LogP contribution in [0, 0.1) is 12.8 Å². The van der Waals surface area contributed by atoms with E-state index in [2.05, 4.69) is 15.6 Å². The number of hydrogen-bond acceptors (Lipinski definition) is 9. The minimum Gasteiger partial charge on any atom is -0.396 e. The first-order valence-corrected chi connectivity index (χ1v) is 11.2. The molecule has 0 amide bonds. The predicted octanol–water partition coefficient (Wildman–Crippen LogP) is 2.79. The van der Waals surface area contributed by atoms with E-state index in [-0.39, 0.29) is 18.1 Å². The molecule has 0 aliphatic heterocycles. The monoisotopic (exact) mass is 443 g/mol. The Balaban J connectivity index is 1.78. The van der Waals surface area contributed by atoms with Gasteiger partial charge in [0.2, 0.25) is 5.95 Å². The summed E-state index contributed by atoms with van der Waals surface area (Å²) in [5, 5.41) is 37.7. The van der Waals surface area contributed by atoms with Crippen molar-refractivity contribution in [2.75, 3.05) is 17.2 Å². The van der Waals surface area contributed by atoms with Gasteiger partial charge in [0.15, 0.2) is 0 Å². The fourth-order valence-electron chi connectivity index (χ4n) is 3.93. The Bertz CT molecular complexity index is 1050. The Morgan fingerprint density at radius 2 is 1.84 bits per heavy atom. The number of aliphatic hydroxyl groups excluding tert-OH is 3. The highest BCUT2D eigenvalue weighted by molar-refractivity contribution is 7.21. The second kappa shape index (κ2) is 8.31. The molecular weight excluding hydrogens is 414 g/mol. The lowest BCUT2D eigenvalue weighted by Crippen LogP contribution is -2.36. The molecule has 1 aliphatic carbocycles. The average Bonchev–Trinajstić information content (AvgIpc) is 3.22. The Labute approximate surface area is 185 Å². The number of hydrogen-bond donors (Lipinski definition) is 5. The van der Waals surface area contributed by atoms with Crippen LogP contribution in [0.25, 0.3) is 20.8 Å². The lowest BCUT2D eigenvalue weighted by atomic mass is 10.1. The lowest BCUT2D eigenvalue weighted by Gasteiger charge is -2.24. The van der Waals surface area contributed by atoms with E-state index >= 15 is 0 Å². The molecule has 3 aromatic rings. The van der Waals surface area contributed by atoms with E-state index in [9.17, 15) is 15.3 Å². The maximum atomic E-state index is 10.5. The van der Waals surface area contributed by atoms with E-state index in [1.807, 2.05) is 52.0 Å². The summed E-state index contributed by atoms with van der Waals surface area (Å²) in [7, 11) is 0. The van der Waals surface area contributed by atoms with E-state index in [1.54, 1.807) is 11.3 Å². The van der Waals surface area contributed by atoms with Crippen LogP contribution in [0.3, 0.4) is 0 Å². The highest BCUT2D eigenvalue weighted by atomic mass is 32.1. The standard InChI is InChI=1S/C22H29N5O3S/c1-11-16(20-25-13-7-5-6-8-15(13)31-20)19(26-21(23-11)27-22(2,3)4)24-14-9-12(10-28)17(29)18(14)30/h5-8,12,14,17-18,28-30H,9-10H2,1-4H3,(H2,23,24,26,27)/t12-,14-,17-,18+/m1/s1. The minimum absolute atomic E-state index is 0.180. The molecule has 4 atom stereocenters. The lowest BCUT2D eigenvalue weighted by molar-refractivity contribution is 0.00446. The van der Waals surface area contributed by atoms with Gasteiger partial charge in [-0.1, -0.05) is 12.1 Å². The second-order valence-corrected chi connectivity index (χ2v) is 10.2. The van der Waals surface area contributed by atoms with Crippen molar-refractivity contribution in [1.29, 1.82) is 0 Å². The molecular formula is C22H29N5O3S. The molecule has 166 valence electrons. The third-order valence-corrected chi connectivity index (χ3v) is 6.50. The minimum atomic E-state index is -1.00. The molecule has 9 heteroatoms. The molecule has 1 aliphatic rings. The van der Waals surface area contributed by atoms with Crippen molar-refractivity contribution >= 4 is 33.3 Å². The number of fused-ring (bicyclic) bond motifs is 1. The topological polar surface area (TPSA) is 123 Å². The van der Waals surface area contributed by atoms with Crippen molar-refractivity contribution < 1.29 is 15.3 Å². The number of aryl methyl sites for hydroxylation is 1. The summed E-state index contributed by atoms with van der Waals surface area (Å²) in [6.07, 6.45) is -1.55. The van der Waals surface area contributed by atoms with Gasteiger partial charge in [0.25, 0.3) is 0 Å². The predicted molar refractivity (Wildman–Crippen MR) is 123 cm³/mol. The van der Waals surface area contributed by atoms with Gasteiger partial charge in [0.1, 0.15) is 16.9 Å². The van der Waals surface area contributed by atoms with Gasteiger partial charge in [-0.3, -0.25) is 0 Å². The largest absolute Gasteiger partial charge is 0.396 e. The van der Waals surface area contributed by atoms with Crippen LogP contribution in [0.5, 0.6) is 0 Å². The first-order chi connectivity index (χ1) is 14.7. The van der Waals surface area contributed by atoms with Crippen LogP contribution in [0.15, 0.2) is 24.3 Å². The van der Waals surface area contributed by atoms with Crippen LogP contribution >= 0.6 is 11.3 Å². The molecule has 2 heterocycles. The Hall–Kier alpha value is -2.33. The van der Waals surface area contributed by atoms with E-state index in [0.29, 0.717) is 18.2 Å². The van der Waals surface area contributed by atoms with Crippen LogP contribution < -0.4 is 10.6 Å². The smallest absolute Gasteiger partial charge is 0.225 e.